The maximum absolute atomic E-state index is 13.9. The summed E-state index contributed by atoms with van der Waals surface area (Å²) in [6.07, 6.45) is 1.64. The summed E-state index contributed by atoms with van der Waals surface area (Å²) in [5, 5.41) is 3.06. The number of hydrogen-bond acceptors (Lipinski definition) is 5. The van der Waals surface area contributed by atoms with E-state index < -0.39 is 34.3 Å². The zero-order chi connectivity index (χ0) is 29.3. The lowest BCUT2D eigenvalue weighted by atomic mass is 10.1. The highest BCUT2D eigenvalue weighted by Crippen LogP contribution is 2.35. The van der Waals surface area contributed by atoms with Gasteiger partial charge in [0.15, 0.2) is 0 Å². The van der Waals surface area contributed by atoms with Gasteiger partial charge in [0.2, 0.25) is 11.8 Å². The Labute approximate surface area is 239 Å². The highest BCUT2D eigenvalue weighted by Gasteiger charge is 2.33. The fraction of sp³-hybridized carbons (Fsp3) is 0.310. The second-order valence-corrected chi connectivity index (χ2v) is 11.4. The third kappa shape index (κ3) is 7.73. The van der Waals surface area contributed by atoms with Gasteiger partial charge in [-0.05, 0) is 61.4 Å². The van der Waals surface area contributed by atoms with Gasteiger partial charge in [-0.25, -0.2) is 12.8 Å². The zero-order valence-electron chi connectivity index (χ0n) is 22.6. The molecule has 0 bridgehead atoms. The Hall–Kier alpha value is -3.63. The molecule has 0 aliphatic carbocycles. The normalized spacial score (nSPS) is 11.9. The second-order valence-electron chi connectivity index (χ2n) is 9.11. The first-order chi connectivity index (χ1) is 19.1. The molecule has 3 aromatic carbocycles. The SMILES string of the molecule is CCCCNC(=O)C(C)N(Cc1ccc(F)cc1)C(=O)CN(c1cc(Cl)ccc1OC)S(=O)(=O)c1ccccc1. The molecule has 0 aliphatic heterocycles. The number of unbranched alkanes of at least 4 members (excludes halogenated alkanes) is 1. The van der Waals surface area contributed by atoms with Crippen LogP contribution in [0.4, 0.5) is 10.1 Å². The van der Waals surface area contributed by atoms with Crippen LogP contribution < -0.4 is 14.4 Å². The molecule has 0 saturated heterocycles. The van der Waals surface area contributed by atoms with Crippen molar-refractivity contribution >= 4 is 39.1 Å². The van der Waals surface area contributed by atoms with Gasteiger partial charge in [0.1, 0.15) is 24.2 Å². The summed E-state index contributed by atoms with van der Waals surface area (Å²) in [4.78, 5) is 28.2. The number of ether oxygens (including phenoxy) is 1. The quantitative estimate of drug-likeness (QED) is 0.283. The molecule has 214 valence electrons. The molecule has 40 heavy (non-hydrogen) atoms. The van der Waals surface area contributed by atoms with Crippen LogP contribution in [0.2, 0.25) is 5.02 Å². The Bertz CT molecular complexity index is 1400. The molecule has 1 unspecified atom stereocenters. The Morgan fingerprint density at radius 2 is 1.73 bits per heavy atom. The standard InChI is InChI=1S/C29H33ClFN3O5S/c1-4-5-17-32-29(36)21(2)33(19-22-11-14-24(31)15-12-22)28(35)20-34(26-18-23(30)13-16-27(26)39-3)40(37,38)25-9-7-6-8-10-25/h6-16,18,21H,4-5,17,19-20H2,1-3H3,(H,32,36). The molecule has 0 spiro atoms. The summed E-state index contributed by atoms with van der Waals surface area (Å²) in [5.41, 5.74) is 0.634. The van der Waals surface area contributed by atoms with E-state index in [9.17, 15) is 22.4 Å². The van der Waals surface area contributed by atoms with Gasteiger partial charge in [0.05, 0.1) is 17.7 Å². The maximum atomic E-state index is 13.9. The van der Waals surface area contributed by atoms with E-state index >= 15 is 0 Å². The number of hydrogen-bond donors (Lipinski definition) is 1. The van der Waals surface area contributed by atoms with Gasteiger partial charge >= 0.3 is 0 Å². The lowest BCUT2D eigenvalue weighted by molar-refractivity contribution is -0.139. The van der Waals surface area contributed by atoms with E-state index in [0.717, 1.165) is 17.1 Å². The first-order valence-corrected chi connectivity index (χ1v) is 14.6. The van der Waals surface area contributed by atoms with Gasteiger partial charge in [-0.1, -0.05) is 55.3 Å². The number of carbonyl (C=O) groups is 2. The van der Waals surface area contributed by atoms with Crippen molar-refractivity contribution in [1.82, 2.24) is 10.2 Å². The minimum absolute atomic E-state index is 0.0414. The Balaban J connectivity index is 2.05. The molecule has 0 fully saturated rings. The number of nitrogens with zero attached hydrogens (tertiary/aromatic N) is 2. The van der Waals surface area contributed by atoms with E-state index in [1.807, 2.05) is 6.92 Å². The van der Waals surface area contributed by atoms with E-state index in [4.69, 9.17) is 16.3 Å². The first kappa shape index (κ1) is 30.9. The van der Waals surface area contributed by atoms with Crippen LogP contribution in [0.3, 0.4) is 0 Å². The van der Waals surface area contributed by atoms with Crippen LogP contribution in [-0.2, 0) is 26.2 Å². The number of methoxy groups -OCH3 is 1. The lowest BCUT2D eigenvalue weighted by Crippen LogP contribution is -2.51. The number of carbonyl (C=O) groups excluding carboxylic acids is 2. The van der Waals surface area contributed by atoms with Crippen LogP contribution >= 0.6 is 11.6 Å². The van der Waals surface area contributed by atoms with E-state index in [1.165, 1.54) is 60.5 Å². The Morgan fingerprint density at radius 3 is 2.35 bits per heavy atom. The van der Waals surface area contributed by atoms with Crippen LogP contribution in [0.1, 0.15) is 32.3 Å². The molecule has 0 saturated carbocycles. The summed E-state index contributed by atoms with van der Waals surface area (Å²) in [6, 6.07) is 16.7. The monoisotopic (exact) mass is 589 g/mol. The van der Waals surface area contributed by atoms with Crippen molar-refractivity contribution in [2.45, 2.75) is 44.2 Å². The van der Waals surface area contributed by atoms with Gasteiger partial charge in [-0.3, -0.25) is 13.9 Å². The molecule has 8 nitrogen and oxygen atoms in total. The number of rotatable bonds is 13. The van der Waals surface area contributed by atoms with E-state index in [1.54, 1.807) is 31.2 Å². The molecule has 3 rings (SSSR count). The fourth-order valence-electron chi connectivity index (χ4n) is 4.00. The highest BCUT2D eigenvalue weighted by atomic mass is 35.5. The average molecular weight is 590 g/mol. The van der Waals surface area contributed by atoms with Crippen molar-refractivity contribution in [3.05, 3.63) is 89.2 Å². The third-order valence-electron chi connectivity index (χ3n) is 6.28. The molecule has 0 radical (unpaired) electrons. The molecular formula is C29H33ClFN3O5S. The minimum atomic E-state index is -4.28. The molecule has 0 aliphatic rings. The Kier molecular flexibility index (Phi) is 10.9. The number of anilines is 1. The maximum Gasteiger partial charge on any atom is 0.264 e. The lowest BCUT2D eigenvalue weighted by Gasteiger charge is -2.32. The van der Waals surface area contributed by atoms with E-state index in [-0.39, 0.29) is 33.8 Å². The van der Waals surface area contributed by atoms with Gasteiger partial charge < -0.3 is 15.0 Å². The molecule has 1 N–H and O–H groups in total. The molecule has 11 heteroatoms. The zero-order valence-corrected chi connectivity index (χ0v) is 24.2. The predicted octanol–water partition coefficient (Wildman–Crippen LogP) is 5.02. The van der Waals surface area contributed by atoms with Gasteiger partial charge in [0, 0.05) is 18.1 Å². The Morgan fingerprint density at radius 1 is 1.05 bits per heavy atom. The van der Waals surface area contributed by atoms with Gasteiger partial charge in [0.25, 0.3) is 10.0 Å². The van der Waals surface area contributed by atoms with Gasteiger partial charge in [-0.15, -0.1) is 0 Å². The molecule has 3 aromatic rings. The third-order valence-corrected chi connectivity index (χ3v) is 8.29. The number of nitrogens with one attached hydrogen (secondary N) is 1. The molecule has 2 amide bonds. The largest absolute Gasteiger partial charge is 0.495 e. The van der Waals surface area contributed by atoms with E-state index in [0.29, 0.717) is 12.1 Å². The highest BCUT2D eigenvalue weighted by molar-refractivity contribution is 7.92. The fourth-order valence-corrected chi connectivity index (χ4v) is 5.60. The van der Waals surface area contributed by atoms with E-state index in [2.05, 4.69) is 5.32 Å². The van der Waals surface area contributed by atoms with Crippen LogP contribution in [0.5, 0.6) is 5.75 Å². The first-order valence-electron chi connectivity index (χ1n) is 12.8. The molecule has 0 aromatic heterocycles. The number of amides is 2. The average Bonchev–Trinajstić information content (AvgIpc) is 2.95. The van der Waals surface area contributed by atoms with Gasteiger partial charge in [-0.2, -0.15) is 0 Å². The summed E-state index contributed by atoms with van der Waals surface area (Å²) in [6.45, 7) is 3.30. The minimum Gasteiger partial charge on any atom is -0.495 e. The number of sulfonamides is 1. The van der Waals surface area contributed by atoms with Crippen molar-refractivity contribution in [2.75, 3.05) is 24.5 Å². The van der Waals surface area contributed by atoms with Crippen molar-refractivity contribution in [1.29, 1.82) is 0 Å². The van der Waals surface area contributed by atoms with Crippen molar-refractivity contribution in [3.63, 3.8) is 0 Å². The van der Waals surface area contributed by atoms with Crippen LogP contribution in [0.15, 0.2) is 77.7 Å². The molecular weight excluding hydrogens is 557 g/mol. The summed E-state index contributed by atoms with van der Waals surface area (Å²) in [7, 11) is -2.90. The summed E-state index contributed by atoms with van der Waals surface area (Å²) >= 11 is 6.23. The van der Waals surface area contributed by atoms with Crippen molar-refractivity contribution in [2.24, 2.45) is 0 Å². The predicted molar refractivity (Wildman–Crippen MR) is 153 cm³/mol. The smallest absolute Gasteiger partial charge is 0.264 e. The number of benzene rings is 3. The number of halogens is 2. The molecule has 0 heterocycles. The van der Waals surface area contributed by atoms with Crippen LogP contribution in [-0.4, -0.2) is 51.4 Å². The summed E-state index contributed by atoms with van der Waals surface area (Å²) < 4.78 is 47.7. The summed E-state index contributed by atoms with van der Waals surface area (Å²) in [5.74, 6) is -1.29. The van der Waals surface area contributed by atoms with Crippen molar-refractivity contribution in [3.8, 4) is 5.75 Å². The molecule has 1 atom stereocenters. The second kappa shape index (κ2) is 14.1. The van der Waals surface area contributed by atoms with Crippen LogP contribution in [0, 0.1) is 5.82 Å². The topological polar surface area (TPSA) is 96.0 Å². The van der Waals surface area contributed by atoms with Crippen LogP contribution in [0.25, 0.3) is 0 Å². The van der Waals surface area contributed by atoms with Crippen molar-refractivity contribution < 1.29 is 27.1 Å².